The van der Waals surface area contributed by atoms with E-state index < -0.39 is 0 Å². The van der Waals surface area contributed by atoms with Gasteiger partial charge in [-0.1, -0.05) is 23.5 Å². The Balaban J connectivity index is 1.89. The molecular formula is C12H12N4O2S. The summed E-state index contributed by atoms with van der Waals surface area (Å²) < 4.78 is 5.39. The number of hydrogen-bond donors (Lipinski definition) is 2. The van der Waals surface area contributed by atoms with Crippen LogP contribution in [0.3, 0.4) is 0 Å². The van der Waals surface area contributed by atoms with Crippen molar-refractivity contribution < 1.29 is 9.53 Å². The zero-order chi connectivity index (χ0) is 13.2. The average Bonchev–Trinajstić information content (AvgIpc) is 2.90. The number of nitrogen functional groups attached to an aromatic ring is 1. The molecule has 19 heavy (non-hydrogen) atoms. The van der Waals surface area contributed by atoms with E-state index in [0.29, 0.717) is 11.7 Å². The Labute approximate surface area is 113 Å². The van der Waals surface area contributed by atoms with Crippen LogP contribution in [0.25, 0.3) is 0 Å². The lowest BCUT2D eigenvalue weighted by molar-refractivity contribution is -0.121. The van der Waals surface area contributed by atoms with Crippen molar-refractivity contribution in [2.24, 2.45) is 5.84 Å². The van der Waals surface area contributed by atoms with Crippen LogP contribution in [0.1, 0.15) is 4.88 Å². The molecule has 1 aliphatic rings. The fraction of sp³-hybridized carbons (Fsp3) is 0.167. The van der Waals surface area contributed by atoms with Crippen LogP contribution >= 0.6 is 11.3 Å². The monoisotopic (exact) mass is 276 g/mol. The summed E-state index contributed by atoms with van der Waals surface area (Å²) in [5.74, 6) is 5.96. The number of aromatic nitrogens is 1. The normalized spacial score (nSPS) is 13.9. The lowest BCUT2D eigenvalue weighted by atomic mass is 10.2. The maximum atomic E-state index is 12.0. The Morgan fingerprint density at radius 1 is 1.47 bits per heavy atom. The molecule has 0 atom stereocenters. The van der Waals surface area contributed by atoms with Crippen molar-refractivity contribution in [2.75, 3.05) is 16.9 Å². The molecule has 0 spiro atoms. The van der Waals surface area contributed by atoms with Crippen molar-refractivity contribution in [3.05, 3.63) is 35.3 Å². The molecule has 0 bridgehead atoms. The van der Waals surface area contributed by atoms with Gasteiger partial charge in [0.2, 0.25) is 0 Å². The molecule has 0 radical (unpaired) electrons. The minimum atomic E-state index is -0.0608. The number of amides is 1. The predicted octanol–water partition coefficient (Wildman–Crippen LogP) is 1.35. The van der Waals surface area contributed by atoms with Crippen LogP contribution < -0.4 is 20.9 Å². The molecule has 7 heteroatoms. The third-order valence-corrected chi connectivity index (χ3v) is 3.71. The minimum absolute atomic E-state index is 0.0608. The first-order valence-electron chi connectivity index (χ1n) is 5.71. The number of nitrogens with zero attached hydrogens (tertiary/aromatic N) is 2. The number of carbonyl (C=O) groups is 1. The molecule has 0 saturated heterocycles. The molecule has 2 heterocycles. The third kappa shape index (κ3) is 2.25. The first-order valence-corrected chi connectivity index (χ1v) is 6.53. The van der Waals surface area contributed by atoms with E-state index in [0.717, 1.165) is 16.3 Å². The summed E-state index contributed by atoms with van der Waals surface area (Å²) in [6, 6.07) is 7.49. The molecular weight excluding hydrogens is 264 g/mol. The Morgan fingerprint density at radius 2 is 2.32 bits per heavy atom. The molecule has 0 fully saturated rings. The summed E-state index contributed by atoms with van der Waals surface area (Å²) in [6.07, 6.45) is 1.71. The Hall–Kier alpha value is -2.12. The van der Waals surface area contributed by atoms with Gasteiger partial charge in [0.1, 0.15) is 5.75 Å². The molecule has 1 amide bonds. The highest BCUT2D eigenvalue weighted by atomic mass is 32.1. The number of fused-ring (bicyclic) bond motifs is 1. The highest BCUT2D eigenvalue weighted by Gasteiger charge is 2.25. The second kappa shape index (κ2) is 4.87. The Kier molecular flexibility index (Phi) is 3.06. The number of carbonyl (C=O) groups excluding carboxylic acids is 1. The van der Waals surface area contributed by atoms with Gasteiger partial charge in [0.05, 0.1) is 12.2 Å². The Morgan fingerprint density at radius 3 is 3.11 bits per heavy atom. The van der Waals surface area contributed by atoms with E-state index in [2.05, 4.69) is 10.4 Å². The van der Waals surface area contributed by atoms with Gasteiger partial charge in [-0.15, -0.1) is 0 Å². The van der Waals surface area contributed by atoms with E-state index in [9.17, 15) is 4.79 Å². The zero-order valence-electron chi connectivity index (χ0n) is 10.00. The molecule has 1 aromatic heterocycles. The van der Waals surface area contributed by atoms with Crippen molar-refractivity contribution >= 4 is 28.1 Å². The van der Waals surface area contributed by atoms with E-state index in [1.165, 1.54) is 11.3 Å². The lowest BCUT2D eigenvalue weighted by Crippen LogP contribution is -2.38. The van der Waals surface area contributed by atoms with Crippen LogP contribution in [0, 0.1) is 0 Å². The van der Waals surface area contributed by atoms with Crippen LogP contribution in [0.5, 0.6) is 5.75 Å². The number of nitrogens with one attached hydrogen (secondary N) is 1. The van der Waals surface area contributed by atoms with Gasteiger partial charge in [-0.3, -0.25) is 10.2 Å². The maximum absolute atomic E-state index is 12.0. The second-order valence-electron chi connectivity index (χ2n) is 4.01. The van der Waals surface area contributed by atoms with Crippen molar-refractivity contribution in [1.29, 1.82) is 0 Å². The number of hydrazine groups is 1. The van der Waals surface area contributed by atoms with Crippen molar-refractivity contribution in [3.8, 4) is 5.75 Å². The van der Waals surface area contributed by atoms with Crippen LogP contribution in [-0.4, -0.2) is 17.5 Å². The number of hydrogen-bond acceptors (Lipinski definition) is 6. The van der Waals surface area contributed by atoms with E-state index in [1.54, 1.807) is 11.1 Å². The molecule has 0 saturated carbocycles. The average molecular weight is 276 g/mol. The van der Waals surface area contributed by atoms with Gasteiger partial charge in [-0.2, -0.15) is 0 Å². The highest BCUT2D eigenvalue weighted by molar-refractivity contribution is 7.15. The van der Waals surface area contributed by atoms with E-state index in [-0.39, 0.29) is 12.5 Å². The lowest BCUT2D eigenvalue weighted by Gasteiger charge is -2.28. The summed E-state index contributed by atoms with van der Waals surface area (Å²) >= 11 is 1.42. The largest absolute Gasteiger partial charge is 0.482 e. The molecule has 0 unspecified atom stereocenters. The summed E-state index contributed by atoms with van der Waals surface area (Å²) in [6.45, 7) is 0.538. The van der Waals surface area contributed by atoms with Crippen molar-refractivity contribution in [3.63, 3.8) is 0 Å². The van der Waals surface area contributed by atoms with Gasteiger partial charge in [0.25, 0.3) is 5.91 Å². The number of benzene rings is 1. The topological polar surface area (TPSA) is 80.5 Å². The summed E-state index contributed by atoms with van der Waals surface area (Å²) in [7, 11) is 0. The van der Waals surface area contributed by atoms with Gasteiger partial charge in [-0.05, 0) is 12.1 Å². The molecule has 6 nitrogen and oxygen atoms in total. The molecule has 0 aliphatic carbocycles. The first-order chi connectivity index (χ1) is 9.28. The highest BCUT2D eigenvalue weighted by Crippen LogP contribution is 2.33. The molecule has 3 N–H and O–H groups in total. The SMILES string of the molecule is NNc1ncc(CN2C(=O)COc3ccccc32)s1. The van der Waals surface area contributed by atoms with Gasteiger partial charge in [-0.25, -0.2) is 10.8 Å². The number of thiazole rings is 1. The fourth-order valence-corrected chi connectivity index (χ4v) is 2.64. The van der Waals surface area contributed by atoms with Crippen LogP contribution in [-0.2, 0) is 11.3 Å². The van der Waals surface area contributed by atoms with Gasteiger partial charge in [0, 0.05) is 11.1 Å². The summed E-state index contributed by atoms with van der Waals surface area (Å²) in [4.78, 5) is 18.7. The number of anilines is 2. The third-order valence-electron chi connectivity index (χ3n) is 2.80. The summed E-state index contributed by atoms with van der Waals surface area (Å²) in [5.41, 5.74) is 3.28. The molecule has 3 rings (SSSR count). The second-order valence-corrected chi connectivity index (χ2v) is 5.13. The molecule has 1 aliphatic heterocycles. The first kappa shape index (κ1) is 11.9. The van der Waals surface area contributed by atoms with Gasteiger partial charge >= 0.3 is 0 Å². The van der Waals surface area contributed by atoms with Crippen LogP contribution in [0.4, 0.5) is 10.8 Å². The molecule has 2 aromatic rings. The smallest absolute Gasteiger partial charge is 0.265 e. The van der Waals surface area contributed by atoms with Crippen molar-refractivity contribution in [2.45, 2.75) is 6.54 Å². The van der Waals surface area contributed by atoms with E-state index in [1.807, 2.05) is 24.3 Å². The minimum Gasteiger partial charge on any atom is -0.482 e. The predicted molar refractivity (Wildman–Crippen MR) is 73.1 cm³/mol. The Bertz CT molecular complexity index is 613. The zero-order valence-corrected chi connectivity index (χ0v) is 10.8. The summed E-state index contributed by atoms with van der Waals surface area (Å²) in [5, 5.41) is 0.629. The van der Waals surface area contributed by atoms with E-state index >= 15 is 0 Å². The van der Waals surface area contributed by atoms with Gasteiger partial charge < -0.3 is 9.64 Å². The van der Waals surface area contributed by atoms with Crippen LogP contribution in [0.15, 0.2) is 30.5 Å². The van der Waals surface area contributed by atoms with E-state index in [4.69, 9.17) is 10.6 Å². The van der Waals surface area contributed by atoms with Crippen molar-refractivity contribution in [1.82, 2.24) is 4.98 Å². The number of rotatable bonds is 3. The maximum Gasteiger partial charge on any atom is 0.265 e. The van der Waals surface area contributed by atoms with Gasteiger partial charge in [0.15, 0.2) is 11.7 Å². The number of para-hydroxylation sites is 2. The standard InChI is InChI=1S/C12H12N4O2S/c13-15-12-14-5-8(19-12)6-16-9-3-1-2-4-10(9)18-7-11(16)17/h1-5H,6-7,13H2,(H,14,15). The molecule has 1 aromatic carbocycles. The van der Waals surface area contributed by atoms with Crippen LogP contribution in [0.2, 0.25) is 0 Å². The fourth-order valence-electron chi connectivity index (χ4n) is 1.93. The molecule has 98 valence electrons. The number of nitrogens with two attached hydrogens (primary N) is 1. The number of ether oxygens (including phenoxy) is 1. The quantitative estimate of drug-likeness (QED) is 0.653.